The SMILES string of the molecule is CC(C)(C)c1cc2ccccc2cn1.CC(C)(C)c1ccc2c(c1)CCC2.CC(C)(C)c1ccc2c(c1)CCCC2.CC(C)(C)c1ccc2ccccc2c1.CC(C)(C)c1cccc2c1CCC2.CC(C)(C)c1cccc2c1CCCC2.CC(C)(C)c1cccc2ccccc12.CC(C)(C)c1ccnc2ccccc12.CC(C)(C)c1cnc2ccccc2c1.CC(C)(C)c1cncc2ccccc12. The summed E-state index contributed by atoms with van der Waals surface area (Å²) in [4.78, 5) is 17.6. The summed E-state index contributed by atoms with van der Waals surface area (Å²) in [6.07, 6.45) is 28.3. The van der Waals surface area contributed by atoms with Crippen molar-refractivity contribution in [2.45, 2.75) is 352 Å². The molecule has 4 aromatic heterocycles. The number of aromatic nitrogens is 4. The Labute approximate surface area is 835 Å². The Hall–Kier alpha value is -11.2. The third kappa shape index (κ3) is 30.2. The van der Waals surface area contributed by atoms with Gasteiger partial charge in [0.1, 0.15) is 0 Å². The fraction of sp³-hybridized carbons (Fsp3) is 0.403. The molecule has 0 bridgehead atoms. The van der Waals surface area contributed by atoms with Crippen molar-refractivity contribution in [3.05, 3.63) is 404 Å². The second-order valence-corrected chi connectivity index (χ2v) is 49.2. The zero-order chi connectivity index (χ0) is 100. The first-order chi connectivity index (χ1) is 64.8. The lowest BCUT2D eigenvalue weighted by atomic mass is 9.78. The fourth-order valence-electron chi connectivity index (χ4n) is 19.0. The van der Waals surface area contributed by atoms with Crippen molar-refractivity contribution < 1.29 is 0 Å². The maximum atomic E-state index is 4.48. The molecule has 20 rings (SSSR count). The molecule has 4 aliphatic carbocycles. The van der Waals surface area contributed by atoms with Crippen LogP contribution in [0.25, 0.3) is 64.9 Å². The van der Waals surface area contributed by atoms with Gasteiger partial charge in [-0.25, -0.2) is 0 Å². The molecule has 0 saturated carbocycles. The van der Waals surface area contributed by atoms with Gasteiger partial charge < -0.3 is 0 Å². The smallest absolute Gasteiger partial charge is 0.0704 e. The second-order valence-electron chi connectivity index (χ2n) is 49.2. The molecule has 0 saturated heterocycles. The van der Waals surface area contributed by atoms with Crippen LogP contribution in [0.1, 0.15) is 347 Å². The topological polar surface area (TPSA) is 51.6 Å². The standard InChI is InChI=1S/C14H20.C14H16.C14H20.C14H16.4C13H15N.2C13H18/c2*1-14(2,3)13-10-6-8-11-7-4-5-9-12(11)13;2*1-14(2,3)13-9-8-11-6-4-5-7-12(11)10-13;1-13(2,3)11-8-10-6-4-5-7-12(10)14-9-11;1-13(2,3)12-9-14-8-10-6-4-5-7-11(10)12;1-13(2,3)12-8-10-6-4-5-7-11(10)9-14-12;1-13(2,3)11-8-9-14-12-7-5-4-6-10(11)12;1-13(2,3)12-9-5-7-10-6-4-8-11(10)12;1-13(2,3)12-8-7-10-5-4-6-11(10)9-12/h6,8,10H,4-5,7,9H2,1-3H3;4-10H,1-3H3;8-10H,4-7H2,1-3H3;4-10H,1-3H3;4*4-9H,1-3H3;5,7,9H,4,6,8H2,1-3H3;7-9H,4-6H2,1-3H3. The van der Waals surface area contributed by atoms with Crippen molar-refractivity contribution in [2.24, 2.45) is 0 Å². The minimum Gasteiger partial charge on any atom is -0.264 e. The molecule has 724 valence electrons. The summed E-state index contributed by atoms with van der Waals surface area (Å²) in [5, 5.41) is 12.9. The van der Waals surface area contributed by atoms with Crippen molar-refractivity contribution in [3.63, 3.8) is 0 Å². The largest absolute Gasteiger partial charge is 0.264 e. The van der Waals surface area contributed by atoms with Crippen molar-refractivity contribution in [1.82, 2.24) is 19.9 Å². The van der Waals surface area contributed by atoms with Crippen LogP contribution in [-0.2, 0) is 106 Å². The third-order valence-corrected chi connectivity index (χ3v) is 27.3. The highest BCUT2D eigenvalue weighted by molar-refractivity contribution is 5.88. The van der Waals surface area contributed by atoms with Gasteiger partial charge in [0.05, 0.1) is 11.0 Å². The first-order valence-electron chi connectivity index (χ1n) is 51.6. The van der Waals surface area contributed by atoms with E-state index in [0.717, 1.165) is 16.7 Å². The predicted octanol–water partition coefficient (Wildman–Crippen LogP) is 37.1. The molecule has 0 radical (unpaired) electrons. The van der Waals surface area contributed by atoms with E-state index in [2.05, 4.69) is 476 Å². The van der Waals surface area contributed by atoms with Gasteiger partial charge >= 0.3 is 0 Å². The molecule has 0 N–H and O–H groups in total. The van der Waals surface area contributed by atoms with Gasteiger partial charge in [-0.15, -0.1) is 0 Å². The minimum atomic E-state index is 0.129. The molecule has 4 heteroatoms. The lowest BCUT2D eigenvalue weighted by Gasteiger charge is -2.27. The fourth-order valence-corrected chi connectivity index (χ4v) is 19.0. The number of pyridine rings is 4. The van der Waals surface area contributed by atoms with Crippen LogP contribution in [0.15, 0.2) is 304 Å². The van der Waals surface area contributed by atoms with Gasteiger partial charge in [-0.3, -0.25) is 19.9 Å². The molecule has 0 unspecified atom stereocenters. The maximum Gasteiger partial charge on any atom is 0.0704 e. The lowest BCUT2D eigenvalue weighted by Crippen LogP contribution is -2.17. The number of hydrogen-bond acceptors (Lipinski definition) is 4. The van der Waals surface area contributed by atoms with Crippen LogP contribution < -0.4 is 0 Å². The van der Waals surface area contributed by atoms with E-state index >= 15 is 0 Å². The lowest BCUT2D eigenvalue weighted by molar-refractivity contribution is 0.568. The van der Waals surface area contributed by atoms with Crippen molar-refractivity contribution in [2.75, 3.05) is 0 Å². The number of benzene rings is 12. The van der Waals surface area contributed by atoms with Gasteiger partial charge in [-0.1, -0.05) is 450 Å². The molecule has 4 nitrogen and oxygen atoms in total. The molecule has 0 fully saturated rings. The van der Waals surface area contributed by atoms with Crippen LogP contribution in [0, 0.1) is 0 Å². The third-order valence-electron chi connectivity index (χ3n) is 27.3. The van der Waals surface area contributed by atoms with Crippen molar-refractivity contribution >= 4 is 64.9 Å². The molecular formula is C134H168N4. The molecule has 138 heavy (non-hydrogen) atoms. The van der Waals surface area contributed by atoms with E-state index in [1.54, 1.807) is 55.6 Å². The highest BCUT2D eigenvalue weighted by atomic mass is 14.7. The van der Waals surface area contributed by atoms with Crippen LogP contribution in [0.2, 0.25) is 0 Å². The Morgan fingerprint density at radius 1 is 0.181 bits per heavy atom. The van der Waals surface area contributed by atoms with Crippen LogP contribution in [0.4, 0.5) is 0 Å². The summed E-state index contributed by atoms with van der Waals surface area (Å²) in [7, 11) is 0. The summed E-state index contributed by atoms with van der Waals surface area (Å²) < 4.78 is 0. The molecule has 0 atom stereocenters. The van der Waals surface area contributed by atoms with E-state index in [-0.39, 0.29) is 32.5 Å². The second kappa shape index (κ2) is 45.8. The van der Waals surface area contributed by atoms with Crippen LogP contribution in [-0.4, -0.2) is 19.9 Å². The summed E-state index contributed by atoms with van der Waals surface area (Å²) >= 11 is 0. The van der Waals surface area contributed by atoms with Crippen LogP contribution >= 0.6 is 0 Å². The Kier molecular flexibility index (Phi) is 35.6. The van der Waals surface area contributed by atoms with E-state index in [4.69, 9.17) is 0 Å². The van der Waals surface area contributed by atoms with E-state index < -0.39 is 0 Å². The normalized spacial score (nSPS) is 13.6. The zero-order valence-electron chi connectivity index (χ0n) is 90.6. The van der Waals surface area contributed by atoms with Crippen molar-refractivity contribution in [1.29, 1.82) is 0 Å². The van der Waals surface area contributed by atoms with E-state index in [9.17, 15) is 0 Å². The number of para-hydroxylation sites is 2. The average Bonchev–Trinajstić information content (AvgIpc) is 1.14. The van der Waals surface area contributed by atoms with Crippen molar-refractivity contribution in [3.8, 4) is 0 Å². The summed E-state index contributed by atoms with van der Waals surface area (Å²) in [6, 6.07) is 97.8. The number of rotatable bonds is 0. The van der Waals surface area contributed by atoms with Gasteiger partial charge in [-0.05, 0) is 296 Å². The van der Waals surface area contributed by atoms with E-state index in [0.29, 0.717) is 21.7 Å². The molecule has 0 amide bonds. The van der Waals surface area contributed by atoms with Gasteiger partial charge in [0.2, 0.25) is 0 Å². The Balaban J connectivity index is 0.000000147. The maximum absolute atomic E-state index is 4.48. The highest BCUT2D eigenvalue weighted by Crippen LogP contribution is 2.39. The highest BCUT2D eigenvalue weighted by Gasteiger charge is 2.27. The first kappa shape index (κ1) is 107. The monoisotopic (exact) mass is 1830 g/mol. The number of fused-ring (bicyclic) bond motifs is 10. The Morgan fingerprint density at radius 2 is 0.543 bits per heavy atom. The molecule has 0 spiro atoms. The Morgan fingerprint density at radius 3 is 1.07 bits per heavy atom. The van der Waals surface area contributed by atoms with Gasteiger partial charge in [0.15, 0.2) is 0 Å². The molecule has 16 aromatic rings. The zero-order valence-corrected chi connectivity index (χ0v) is 90.6. The van der Waals surface area contributed by atoms with E-state index in [1.807, 2.05) is 55.2 Å². The van der Waals surface area contributed by atoms with Gasteiger partial charge in [0.25, 0.3) is 0 Å². The number of hydrogen-bond donors (Lipinski definition) is 0. The predicted molar refractivity (Wildman–Crippen MR) is 605 cm³/mol. The minimum absolute atomic E-state index is 0.129. The summed E-state index contributed by atoms with van der Waals surface area (Å²) in [6.45, 7) is 67.6. The van der Waals surface area contributed by atoms with Gasteiger partial charge in [0, 0.05) is 63.6 Å². The molecule has 4 heterocycles. The Bertz CT molecular complexity index is 6210. The summed E-state index contributed by atoms with van der Waals surface area (Å²) in [5.74, 6) is 0. The molecular weight excluding hydrogens is 1670 g/mol. The van der Waals surface area contributed by atoms with Gasteiger partial charge in [-0.2, -0.15) is 0 Å². The number of nitrogens with zero attached hydrogens (tertiary/aromatic N) is 4. The van der Waals surface area contributed by atoms with Crippen LogP contribution in [0.5, 0.6) is 0 Å². The first-order valence-corrected chi connectivity index (χ1v) is 51.6. The number of aryl methyl sites for hydroxylation is 6. The quantitative estimate of drug-likeness (QED) is 0.152. The van der Waals surface area contributed by atoms with Crippen LogP contribution in [0.3, 0.4) is 0 Å². The van der Waals surface area contributed by atoms with E-state index in [1.165, 1.54) is 183 Å². The summed E-state index contributed by atoms with van der Waals surface area (Å²) in [5.41, 5.74) is 31.3. The molecule has 0 aliphatic heterocycles. The average molecular weight is 1830 g/mol. The molecule has 4 aliphatic rings. The molecule has 12 aromatic carbocycles.